The summed E-state index contributed by atoms with van der Waals surface area (Å²) >= 11 is 0. The minimum atomic E-state index is 0.133. The van der Waals surface area contributed by atoms with Crippen molar-refractivity contribution in [3.8, 4) is 0 Å². The molecule has 114 valence electrons. The predicted molar refractivity (Wildman–Crippen MR) is 87.5 cm³/mol. The zero-order valence-corrected chi connectivity index (χ0v) is 13.9. The van der Waals surface area contributed by atoms with Gasteiger partial charge in [-0.2, -0.15) is 0 Å². The number of hydrogen-bond acceptors (Lipinski definition) is 4. The maximum atomic E-state index is 4.61. The first-order valence-electron chi connectivity index (χ1n) is 7.89. The second-order valence-corrected chi connectivity index (χ2v) is 5.49. The average molecular weight is 278 g/mol. The van der Waals surface area contributed by atoms with Gasteiger partial charge < -0.3 is 10.6 Å². The molecule has 0 aliphatic rings. The standard InChI is InChI=1S/C16H30N4/c1-7-11-17-14-12(5)15(19-13(6)18-14)20-16(8-2,9-3)10-4/h7-11H2,1-6H3,(H2,17,18,19,20). The summed E-state index contributed by atoms with van der Waals surface area (Å²) in [5.41, 5.74) is 1.25. The predicted octanol–water partition coefficient (Wildman–Crippen LogP) is 4.30. The van der Waals surface area contributed by atoms with Crippen LogP contribution >= 0.6 is 0 Å². The molecule has 1 heterocycles. The summed E-state index contributed by atoms with van der Waals surface area (Å²) in [5.74, 6) is 2.75. The summed E-state index contributed by atoms with van der Waals surface area (Å²) in [6.45, 7) is 13.8. The van der Waals surface area contributed by atoms with Crippen LogP contribution in [0.2, 0.25) is 0 Å². The van der Waals surface area contributed by atoms with Crippen molar-refractivity contribution in [3.05, 3.63) is 11.4 Å². The number of nitrogens with zero attached hydrogens (tertiary/aromatic N) is 2. The molecule has 0 saturated heterocycles. The number of rotatable bonds is 8. The Kier molecular flexibility index (Phi) is 6.24. The van der Waals surface area contributed by atoms with E-state index in [0.717, 1.165) is 55.3 Å². The van der Waals surface area contributed by atoms with Gasteiger partial charge in [0.15, 0.2) is 0 Å². The molecule has 0 spiro atoms. The lowest BCUT2D eigenvalue weighted by Crippen LogP contribution is -2.37. The molecule has 1 aromatic rings. The highest BCUT2D eigenvalue weighted by Crippen LogP contribution is 2.28. The average Bonchev–Trinajstić information content (AvgIpc) is 2.46. The summed E-state index contributed by atoms with van der Waals surface area (Å²) in [4.78, 5) is 9.12. The first-order chi connectivity index (χ1) is 9.51. The van der Waals surface area contributed by atoms with Crippen molar-refractivity contribution in [2.75, 3.05) is 17.2 Å². The van der Waals surface area contributed by atoms with Crippen LogP contribution in [0.5, 0.6) is 0 Å². The summed E-state index contributed by atoms with van der Waals surface area (Å²) in [6, 6.07) is 0. The van der Waals surface area contributed by atoms with Crippen LogP contribution < -0.4 is 10.6 Å². The molecule has 4 nitrogen and oxygen atoms in total. The Labute approximate surface area is 123 Å². The third-order valence-electron chi connectivity index (χ3n) is 4.21. The fourth-order valence-electron chi connectivity index (χ4n) is 2.43. The quantitative estimate of drug-likeness (QED) is 0.744. The van der Waals surface area contributed by atoms with E-state index in [4.69, 9.17) is 0 Å². The fourth-order valence-corrected chi connectivity index (χ4v) is 2.43. The van der Waals surface area contributed by atoms with E-state index in [9.17, 15) is 0 Å². The van der Waals surface area contributed by atoms with Crippen LogP contribution in [0.4, 0.5) is 11.6 Å². The molecule has 20 heavy (non-hydrogen) atoms. The normalized spacial score (nSPS) is 11.5. The van der Waals surface area contributed by atoms with Gasteiger partial charge in [-0.15, -0.1) is 0 Å². The van der Waals surface area contributed by atoms with Gasteiger partial charge in [-0.3, -0.25) is 0 Å². The topological polar surface area (TPSA) is 49.8 Å². The zero-order chi connectivity index (χ0) is 15.2. The Morgan fingerprint density at radius 1 is 0.900 bits per heavy atom. The van der Waals surface area contributed by atoms with Crippen molar-refractivity contribution >= 4 is 11.6 Å². The van der Waals surface area contributed by atoms with Crippen molar-refractivity contribution in [1.82, 2.24) is 9.97 Å². The third kappa shape index (κ3) is 3.84. The van der Waals surface area contributed by atoms with Gasteiger partial charge >= 0.3 is 0 Å². The highest BCUT2D eigenvalue weighted by Gasteiger charge is 2.25. The van der Waals surface area contributed by atoms with Gasteiger partial charge in [0, 0.05) is 17.6 Å². The Bertz CT molecular complexity index is 416. The summed E-state index contributed by atoms with van der Waals surface area (Å²) in [5, 5.41) is 7.07. The van der Waals surface area contributed by atoms with Crippen LogP contribution in [0.25, 0.3) is 0 Å². The minimum Gasteiger partial charge on any atom is -0.370 e. The zero-order valence-electron chi connectivity index (χ0n) is 13.9. The van der Waals surface area contributed by atoms with E-state index in [-0.39, 0.29) is 5.54 Å². The van der Waals surface area contributed by atoms with Crippen molar-refractivity contribution in [3.63, 3.8) is 0 Å². The van der Waals surface area contributed by atoms with Crippen molar-refractivity contribution in [2.24, 2.45) is 0 Å². The molecule has 0 aliphatic carbocycles. The van der Waals surface area contributed by atoms with Crippen LogP contribution in [0.1, 0.15) is 64.8 Å². The fraction of sp³-hybridized carbons (Fsp3) is 0.750. The van der Waals surface area contributed by atoms with Crippen molar-refractivity contribution < 1.29 is 0 Å². The van der Waals surface area contributed by atoms with E-state index in [1.165, 1.54) is 0 Å². The molecule has 1 rings (SSSR count). The van der Waals surface area contributed by atoms with Gasteiger partial charge in [0.2, 0.25) is 0 Å². The molecule has 0 unspecified atom stereocenters. The monoisotopic (exact) mass is 278 g/mol. The van der Waals surface area contributed by atoms with E-state index in [0.29, 0.717) is 0 Å². The lowest BCUT2D eigenvalue weighted by atomic mass is 9.89. The number of hydrogen-bond donors (Lipinski definition) is 2. The van der Waals surface area contributed by atoms with E-state index in [1.807, 2.05) is 6.92 Å². The Hall–Kier alpha value is -1.32. The minimum absolute atomic E-state index is 0.133. The van der Waals surface area contributed by atoms with Crippen LogP contribution in [0, 0.1) is 13.8 Å². The van der Waals surface area contributed by atoms with Gasteiger partial charge in [-0.25, -0.2) is 9.97 Å². The maximum Gasteiger partial charge on any atom is 0.135 e. The smallest absolute Gasteiger partial charge is 0.135 e. The van der Waals surface area contributed by atoms with Gasteiger partial charge in [0.05, 0.1) is 0 Å². The lowest BCUT2D eigenvalue weighted by Gasteiger charge is -2.33. The van der Waals surface area contributed by atoms with Crippen LogP contribution in [-0.4, -0.2) is 22.1 Å². The van der Waals surface area contributed by atoms with Gasteiger partial charge in [0.1, 0.15) is 17.5 Å². The molecular weight excluding hydrogens is 248 g/mol. The van der Waals surface area contributed by atoms with Crippen molar-refractivity contribution in [2.45, 2.75) is 72.8 Å². The van der Waals surface area contributed by atoms with Crippen LogP contribution in [0.15, 0.2) is 0 Å². The lowest BCUT2D eigenvalue weighted by molar-refractivity contribution is 0.418. The highest BCUT2D eigenvalue weighted by molar-refractivity contribution is 5.58. The first kappa shape index (κ1) is 16.7. The van der Waals surface area contributed by atoms with E-state index in [1.54, 1.807) is 0 Å². The molecule has 4 heteroatoms. The van der Waals surface area contributed by atoms with Crippen molar-refractivity contribution in [1.29, 1.82) is 0 Å². The molecule has 0 atom stereocenters. The van der Waals surface area contributed by atoms with E-state index < -0.39 is 0 Å². The molecule has 2 N–H and O–H groups in total. The molecule has 0 saturated carbocycles. The largest absolute Gasteiger partial charge is 0.370 e. The van der Waals surface area contributed by atoms with Gasteiger partial charge in [0.25, 0.3) is 0 Å². The van der Waals surface area contributed by atoms with Crippen LogP contribution in [-0.2, 0) is 0 Å². The summed E-state index contributed by atoms with van der Waals surface area (Å²) < 4.78 is 0. The Balaban J connectivity index is 3.08. The Morgan fingerprint density at radius 3 is 1.95 bits per heavy atom. The molecule has 0 aromatic carbocycles. The first-order valence-corrected chi connectivity index (χ1v) is 7.89. The Morgan fingerprint density at radius 2 is 1.45 bits per heavy atom. The second-order valence-electron chi connectivity index (χ2n) is 5.49. The van der Waals surface area contributed by atoms with E-state index in [2.05, 4.69) is 55.2 Å². The number of nitrogens with one attached hydrogen (secondary N) is 2. The molecular formula is C16H30N4. The number of anilines is 2. The van der Waals surface area contributed by atoms with Gasteiger partial charge in [-0.05, 0) is 39.5 Å². The molecule has 1 aromatic heterocycles. The number of aryl methyl sites for hydroxylation is 1. The highest BCUT2D eigenvalue weighted by atomic mass is 15.1. The third-order valence-corrected chi connectivity index (χ3v) is 4.21. The molecule has 0 fully saturated rings. The SMILES string of the molecule is CCCNc1nc(C)nc(NC(CC)(CC)CC)c1C. The molecule has 0 radical (unpaired) electrons. The summed E-state index contributed by atoms with van der Waals surface area (Å²) in [7, 11) is 0. The molecule has 0 bridgehead atoms. The second kappa shape index (κ2) is 7.46. The van der Waals surface area contributed by atoms with E-state index >= 15 is 0 Å². The van der Waals surface area contributed by atoms with Crippen LogP contribution in [0.3, 0.4) is 0 Å². The summed E-state index contributed by atoms with van der Waals surface area (Å²) in [6.07, 6.45) is 4.38. The molecule has 0 aliphatic heterocycles. The number of aromatic nitrogens is 2. The van der Waals surface area contributed by atoms with Gasteiger partial charge in [-0.1, -0.05) is 27.7 Å². The molecule has 0 amide bonds. The maximum absolute atomic E-state index is 4.61.